The lowest BCUT2D eigenvalue weighted by atomic mass is 10.2. The number of pyridine rings is 5. The van der Waals surface area contributed by atoms with Gasteiger partial charge in [0.25, 0.3) is 0 Å². The van der Waals surface area contributed by atoms with Gasteiger partial charge in [-0.05, 0) is 66.7 Å². The lowest BCUT2D eigenvalue weighted by molar-refractivity contribution is 1.07. The molecule has 0 amide bonds. The smallest absolute Gasteiger partial charge is 0.147 e. The van der Waals surface area contributed by atoms with Crippen LogP contribution in [0.3, 0.4) is 0 Å². The third kappa shape index (κ3) is 2.91. The van der Waals surface area contributed by atoms with E-state index in [2.05, 4.69) is 73.7 Å². The largest absolute Gasteiger partial charge is 0.292 e. The number of fused-ring (bicyclic) bond motifs is 8. The van der Waals surface area contributed by atoms with Gasteiger partial charge >= 0.3 is 0 Å². The maximum Gasteiger partial charge on any atom is 0.147 e. The molecule has 0 unspecified atom stereocenters. The summed E-state index contributed by atoms with van der Waals surface area (Å²) >= 11 is 0. The van der Waals surface area contributed by atoms with Gasteiger partial charge in [-0.1, -0.05) is 36.4 Å². The Morgan fingerprint density at radius 2 is 1.02 bits per heavy atom. The fraction of sp³-hybridized carbons (Fsp3) is 0. The minimum atomic E-state index is 0.811. The summed E-state index contributed by atoms with van der Waals surface area (Å²) in [5.41, 5.74) is 8.33. The molecule has 186 valence electrons. The fourth-order valence-electron chi connectivity index (χ4n) is 5.86. The Morgan fingerprint density at radius 3 is 1.73 bits per heavy atom. The summed E-state index contributed by atoms with van der Waals surface area (Å²) in [7, 11) is 0. The Balaban J connectivity index is 1.41. The molecule has 0 atom stereocenters. The monoisotopic (exact) mass is 513 g/mol. The summed E-state index contributed by atoms with van der Waals surface area (Å²) < 4.78 is 4.36. The molecule has 0 saturated heterocycles. The first kappa shape index (κ1) is 21.3. The van der Waals surface area contributed by atoms with Crippen LogP contribution in [-0.2, 0) is 0 Å². The SMILES string of the molecule is c1cnc2ccc(-n3c4ccccc4c4nc5c(cc43)c3ccccc3n5-c3ccc4ncccc4n3)nc2c1. The van der Waals surface area contributed by atoms with E-state index in [1.807, 2.05) is 48.5 Å². The summed E-state index contributed by atoms with van der Waals surface area (Å²) in [6.45, 7) is 0. The topological polar surface area (TPSA) is 74.3 Å². The molecule has 0 aliphatic carbocycles. The van der Waals surface area contributed by atoms with E-state index in [-0.39, 0.29) is 0 Å². The molecule has 0 aliphatic rings. The molecule has 7 nitrogen and oxygen atoms in total. The van der Waals surface area contributed by atoms with Crippen LogP contribution >= 0.6 is 0 Å². The van der Waals surface area contributed by atoms with Gasteiger partial charge in [-0.3, -0.25) is 19.1 Å². The molecule has 0 radical (unpaired) electrons. The fourth-order valence-corrected chi connectivity index (χ4v) is 5.86. The minimum Gasteiger partial charge on any atom is -0.292 e. The van der Waals surface area contributed by atoms with Crippen LogP contribution < -0.4 is 0 Å². The highest BCUT2D eigenvalue weighted by Crippen LogP contribution is 2.37. The van der Waals surface area contributed by atoms with Crippen LogP contribution in [0.2, 0.25) is 0 Å². The number of nitrogens with zero attached hydrogens (tertiary/aromatic N) is 7. The average molecular weight is 514 g/mol. The van der Waals surface area contributed by atoms with E-state index in [1.54, 1.807) is 12.4 Å². The number of benzene rings is 2. The Morgan fingerprint density at radius 1 is 0.425 bits per heavy atom. The van der Waals surface area contributed by atoms with Crippen molar-refractivity contribution in [3.05, 3.63) is 116 Å². The van der Waals surface area contributed by atoms with Crippen molar-refractivity contribution >= 4 is 65.9 Å². The summed E-state index contributed by atoms with van der Waals surface area (Å²) in [6.07, 6.45) is 3.58. The second-order valence-corrected chi connectivity index (χ2v) is 9.85. The summed E-state index contributed by atoms with van der Waals surface area (Å²) in [6, 6.07) is 34.9. The van der Waals surface area contributed by atoms with Gasteiger partial charge in [0.1, 0.15) is 17.3 Å². The van der Waals surface area contributed by atoms with Crippen molar-refractivity contribution in [3.8, 4) is 11.6 Å². The minimum absolute atomic E-state index is 0.811. The Labute approximate surface area is 227 Å². The van der Waals surface area contributed by atoms with Crippen LogP contribution in [0, 0.1) is 0 Å². The third-order valence-corrected chi connectivity index (χ3v) is 7.61. The number of hydrogen-bond acceptors (Lipinski definition) is 5. The van der Waals surface area contributed by atoms with E-state index in [0.29, 0.717) is 0 Å². The first-order chi connectivity index (χ1) is 19.8. The van der Waals surface area contributed by atoms with Gasteiger partial charge in [0.05, 0.1) is 44.1 Å². The highest BCUT2D eigenvalue weighted by molar-refractivity contribution is 6.15. The average Bonchev–Trinajstić information content (AvgIpc) is 3.51. The third-order valence-electron chi connectivity index (χ3n) is 7.61. The number of para-hydroxylation sites is 2. The van der Waals surface area contributed by atoms with Gasteiger partial charge in [-0.15, -0.1) is 0 Å². The van der Waals surface area contributed by atoms with Crippen LogP contribution in [0.25, 0.3) is 77.6 Å². The maximum absolute atomic E-state index is 5.35. The van der Waals surface area contributed by atoms with Gasteiger partial charge in [-0.2, -0.15) is 0 Å². The second-order valence-electron chi connectivity index (χ2n) is 9.85. The molecule has 0 saturated carbocycles. The standard InChI is InChI=1S/C33H19N7/c1-3-11-27-20(7-1)22-19-29-32(38-33(22)40(27)31-16-14-24-26(37-31)10-6-18-35-24)21-8-2-4-12-28(21)39(29)30-15-13-23-25(36-30)9-5-17-34-23/h1-19H. The zero-order valence-electron chi connectivity index (χ0n) is 21.1. The molecule has 40 heavy (non-hydrogen) atoms. The van der Waals surface area contributed by atoms with Crippen LogP contribution in [0.15, 0.2) is 116 Å². The van der Waals surface area contributed by atoms with Crippen molar-refractivity contribution in [2.24, 2.45) is 0 Å². The van der Waals surface area contributed by atoms with E-state index < -0.39 is 0 Å². The summed E-state index contributed by atoms with van der Waals surface area (Å²) in [5.74, 6) is 1.64. The predicted octanol–water partition coefficient (Wildman–Crippen LogP) is 7.16. The first-order valence-corrected chi connectivity index (χ1v) is 13.1. The number of hydrogen-bond donors (Lipinski definition) is 0. The molecule has 7 heteroatoms. The Bertz CT molecular complexity index is 2280. The highest BCUT2D eigenvalue weighted by atomic mass is 15.1. The van der Waals surface area contributed by atoms with Crippen molar-refractivity contribution < 1.29 is 0 Å². The van der Waals surface area contributed by atoms with Gasteiger partial charge in [0, 0.05) is 28.6 Å². The van der Waals surface area contributed by atoms with Crippen molar-refractivity contribution in [1.82, 2.24) is 34.1 Å². The molecule has 0 N–H and O–H groups in total. The summed E-state index contributed by atoms with van der Waals surface area (Å²) in [5, 5.41) is 3.25. The molecule has 2 aromatic carbocycles. The summed E-state index contributed by atoms with van der Waals surface area (Å²) in [4.78, 5) is 24.2. The van der Waals surface area contributed by atoms with Crippen molar-refractivity contribution in [2.75, 3.05) is 0 Å². The van der Waals surface area contributed by atoms with Crippen molar-refractivity contribution in [1.29, 1.82) is 0 Å². The molecular weight excluding hydrogens is 494 g/mol. The first-order valence-electron chi connectivity index (χ1n) is 13.1. The van der Waals surface area contributed by atoms with E-state index in [1.165, 1.54) is 0 Å². The van der Waals surface area contributed by atoms with E-state index >= 15 is 0 Å². The normalized spacial score (nSPS) is 12.0. The van der Waals surface area contributed by atoms with Gasteiger partial charge in [0.2, 0.25) is 0 Å². The molecule has 0 fully saturated rings. The van der Waals surface area contributed by atoms with E-state index in [0.717, 1.165) is 77.6 Å². The number of aromatic nitrogens is 7. The molecule has 0 aliphatic heterocycles. The van der Waals surface area contributed by atoms with E-state index in [9.17, 15) is 0 Å². The Kier molecular flexibility index (Phi) is 4.20. The lowest BCUT2D eigenvalue weighted by Crippen LogP contribution is -2.00. The zero-order valence-corrected chi connectivity index (χ0v) is 21.1. The lowest BCUT2D eigenvalue weighted by Gasteiger charge is -2.08. The maximum atomic E-state index is 5.35. The predicted molar refractivity (Wildman–Crippen MR) is 159 cm³/mol. The van der Waals surface area contributed by atoms with Crippen LogP contribution in [0.5, 0.6) is 0 Å². The number of rotatable bonds is 2. The van der Waals surface area contributed by atoms with Crippen molar-refractivity contribution in [3.63, 3.8) is 0 Å². The quantitative estimate of drug-likeness (QED) is 0.245. The van der Waals surface area contributed by atoms with Gasteiger partial charge in [0.15, 0.2) is 0 Å². The molecule has 7 heterocycles. The van der Waals surface area contributed by atoms with Gasteiger partial charge < -0.3 is 0 Å². The van der Waals surface area contributed by atoms with Crippen LogP contribution in [0.1, 0.15) is 0 Å². The second kappa shape index (κ2) is 7.91. The van der Waals surface area contributed by atoms with Crippen LogP contribution in [-0.4, -0.2) is 34.1 Å². The molecular formula is C33H19N7. The highest BCUT2D eigenvalue weighted by Gasteiger charge is 2.20. The molecule has 9 aromatic rings. The van der Waals surface area contributed by atoms with Crippen molar-refractivity contribution in [2.45, 2.75) is 0 Å². The van der Waals surface area contributed by atoms with E-state index in [4.69, 9.17) is 15.0 Å². The van der Waals surface area contributed by atoms with Crippen LogP contribution in [0.4, 0.5) is 0 Å². The zero-order chi connectivity index (χ0) is 26.2. The molecule has 9 rings (SSSR count). The molecule has 0 bridgehead atoms. The Hall–Kier alpha value is -5.69. The molecule has 0 spiro atoms. The molecule has 7 aromatic heterocycles. The van der Waals surface area contributed by atoms with Gasteiger partial charge in [-0.25, -0.2) is 15.0 Å².